The van der Waals surface area contributed by atoms with E-state index in [2.05, 4.69) is 0 Å². The topological polar surface area (TPSA) is 52.3 Å². The first-order valence-corrected chi connectivity index (χ1v) is 5.81. The van der Waals surface area contributed by atoms with Crippen LogP contribution in [0.2, 0.25) is 0 Å². The fourth-order valence-corrected chi connectivity index (χ4v) is 1.50. The summed E-state index contributed by atoms with van der Waals surface area (Å²) in [6.07, 6.45) is 2.70. The van der Waals surface area contributed by atoms with Gasteiger partial charge in [0.25, 0.3) is 0 Å². The molecule has 0 aliphatic heterocycles. The van der Waals surface area contributed by atoms with Gasteiger partial charge in [-0.05, 0) is 44.0 Å². The summed E-state index contributed by atoms with van der Waals surface area (Å²) in [4.78, 5) is 11.4. The number of carbonyl (C=O) groups is 1. The zero-order valence-corrected chi connectivity index (χ0v) is 10.4. The highest BCUT2D eigenvalue weighted by molar-refractivity contribution is 5.92. The van der Waals surface area contributed by atoms with E-state index in [1.807, 2.05) is 30.3 Å². The van der Waals surface area contributed by atoms with Crippen LogP contribution >= 0.6 is 0 Å². The van der Waals surface area contributed by atoms with E-state index in [0.29, 0.717) is 18.7 Å². The SMILES string of the molecule is CCOC(=O)/C(C)=C/c1ccc(CCN)cc1. The fraction of sp³-hybridized carbons (Fsp3) is 0.357. The van der Waals surface area contributed by atoms with Crippen molar-refractivity contribution < 1.29 is 9.53 Å². The van der Waals surface area contributed by atoms with Crippen molar-refractivity contribution in [1.29, 1.82) is 0 Å². The number of rotatable bonds is 5. The average molecular weight is 233 g/mol. The summed E-state index contributed by atoms with van der Waals surface area (Å²) in [5.41, 5.74) is 8.29. The fourth-order valence-electron chi connectivity index (χ4n) is 1.50. The molecule has 2 N–H and O–H groups in total. The summed E-state index contributed by atoms with van der Waals surface area (Å²) in [5.74, 6) is -0.265. The van der Waals surface area contributed by atoms with Gasteiger partial charge in [-0.1, -0.05) is 24.3 Å². The van der Waals surface area contributed by atoms with Crippen molar-refractivity contribution in [1.82, 2.24) is 0 Å². The number of nitrogens with two attached hydrogens (primary N) is 1. The van der Waals surface area contributed by atoms with Gasteiger partial charge in [0, 0.05) is 5.57 Å². The molecular formula is C14H19NO2. The molecule has 0 aliphatic rings. The number of ether oxygens (including phenoxy) is 1. The first-order chi connectivity index (χ1) is 8.17. The van der Waals surface area contributed by atoms with Gasteiger partial charge >= 0.3 is 5.97 Å². The Morgan fingerprint density at radius 2 is 2.00 bits per heavy atom. The van der Waals surface area contributed by atoms with Gasteiger partial charge in [0.2, 0.25) is 0 Å². The van der Waals surface area contributed by atoms with Gasteiger partial charge in [-0.2, -0.15) is 0 Å². The summed E-state index contributed by atoms with van der Waals surface area (Å²) < 4.78 is 4.91. The second-order valence-corrected chi connectivity index (χ2v) is 3.83. The van der Waals surface area contributed by atoms with Crippen LogP contribution in [0.3, 0.4) is 0 Å². The van der Waals surface area contributed by atoms with Crippen LogP contribution in [0.15, 0.2) is 29.8 Å². The molecule has 0 bridgehead atoms. The predicted molar refractivity (Wildman–Crippen MR) is 69.5 cm³/mol. The van der Waals surface area contributed by atoms with E-state index < -0.39 is 0 Å². The molecule has 1 rings (SSSR count). The number of esters is 1. The van der Waals surface area contributed by atoms with Crippen LogP contribution in [-0.2, 0) is 16.0 Å². The minimum atomic E-state index is -0.265. The molecule has 0 atom stereocenters. The molecule has 1 aromatic rings. The molecule has 0 saturated carbocycles. The Morgan fingerprint density at radius 1 is 1.35 bits per heavy atom. The quantitative estimate of drug-likeness (QED) is 0.626. The molecule has 0 unspecified atom stereocenters. The Kier molecular flexibility index (Phi) is 5.43. The predicted octanol–water partition coefficient (Wildman–Crippen LogP) is 2.15. The van der Waals surface area contributed by atoms with Crippen molar-refractivity contribution in [2.24, 2.45) is 5.73 Å². The lowest BCUT2D eigenvalue weighted by Crippen LogP contribution is -2.04. The van der Waals surface area contributed by atoms with Crippen LogP contribution in [-0.4, -0.2) is 19.1 Å². The Balaban J connectivity index is 2.73. The summed E-state index contributed by atoms with van der Waals surface area (Å²) in [5, 5.41) is 0. The van der Waals surface area contributed by atoms with E-state index in [1.54, 1.807) is 13.8 Å². The van der Waals surface area contributed by atoms with Crippen LogP contribution in [0.1, 0.15) is 25.0 Å². The highest BCUT2D eigenvalue weighted by Crippen LogP contribution is 2.10. The molecule has 17 heavy (non-hydrogen) atoms. The van der Waals surface area contributed by atoms with Gasteiger partial charge in [-0.3, -0.25) is 0 Å². The van der Waals surface area contributed by atoms with Crippen LogP contribution < -0.4 is 5.73 Å². The Hall–Kier alpha value is -1.61. The van der Waals surface area contributed by atoms with E-state index in [-0.39, 0.29) is 5.97 Å². The first kappa shape index (κ1) is 13.5. The maximum Gasteiger partial charge on any atom is 0.333 e. The van der Waals surface area contributed by atoms with Gasteiger partial charge in [0.05, 0.1) is 6.61 Å². The lowest BCUT2D eigenvalue weighted by atomic mass is 10.1. The van der Waals surface area contributed by atoms with E-state index in [4.69, 9.17) is 10.5 Å². The molecule has 0 aromatic heterocycles. The second kappa shape index (κ2) is 6.86. The number of benzene rings is 1. The molecule has 3 nitrogen and oxygen atoms in total. The Morgan fingerprint density at radius 3 is 2.53 bits per heavy atom. The summed E-state index contributed by atoms with van der Waals surface area (Å²) in [6, 6.07) is 8.01. The number of carbonyl (C=O) groups excluding carboxylic acids is 1. The van der Waals surface area contributed by atoms with Gasteiger partial charge in [0.1, 0.15) is 0 Å². The maximum atomic E-state index is 11.4. The molecule has 0 aliphatic carbocycles. The van der Waals surface area contributed by atoms with E-state index in [1.165, 1.54) is 5.56 Å². The molecule has 92 valence electrons. The summed E-state index contributed by atoms with van der Waals surface area (Å²) >= 11 is 0. The largest absolute Gasteiger partial charge is 0.463 e. The minimum Gasteiger partial charge on any atom is -0.463 e. The van der Waals surface area contributed by atoms with E-state index in [0.717, 1.165) is 12.0 Å². The second-order valence-electron chi connectivity index (χ2n) is 3.83. The molecule has 0 radical (unpaired) electrons. The molecule has 0 spiro atoms. The van der Waals surface area contributed by atoms with Crippen molar-refractivity contribution in [3.05, 3.63) is 41.0 Å². The van der Waals surface area contributed by atoms with Crippen LogP contribution in [0, 0.1) is 0 Å². The van der Waals surface area contributed by atoms with Gasteiger partial charge < -0.3 is 10.5 Å². The highest BCUT2D eigenvalue weighted by Gasteiger charge is 2.03. The number of hydrogen-bond donors (Lipinski definition) is 1. The monoisotopic (exact) mass is 233 g/mol. The number of hydrogen-bond acceptors (Lipinski definition) is 3. The van der Waals surface area contributed by atoms with E-state index >= 15 is 0 Å². The molecular weight excluding hydrogens is 214 g/mol. The molecule has 0 saturated heterocycles. The van der Waals surface area contributed by atoms with Crippen molar-refractivity contribution in [2.75, 3.05) is 13.2 Å². The zero-order valence-electron chi connectivity index (χ0n) is 10.4. The van der Waals surface area contributed by atoms with Crippen molar-refractivity contribution in [3.63, 3.8) is 0 Å². The smallest absolute Gasteiger partial charge is 0.333 e. The van der Waals surface area contributed by atoms with Gasteiger partial charge in [-0.25, -0.2) is 4.79 Å². The molecule has 0 fully saturated rings. The van der Waals surface area contributed by atoms with Crippen molar-refractivity contribution in [3.8, 4) is 0 Å². The molecule has 3 heteroatoms. The first-order valence-electron chi connectivity index (χ1n) is 5.81. The zero-order chi connectivity index (χ0) is 12.7. The maximum absolute atomic E-state index is 11.4. The normalized spacial score (nSPS) is 11.4. The third kappa shape index (κ3) is 4.41. The molecule has 0 heterocycles. The summed E-state index contributed by atoms with van der Waals surface area (Å²) in [7, 11) is 0. The molecule has 0 amide bonds. The third-order valence-electron chi connectivity index (χ3n) is 2.39. The third-order valence-corrected chi connectivity index (χ3v) is 2.39. The Labute approximate surface area is 102 Å². The minimum absolute atomic E-state index is 0.265. The van der Waals surface area contributed by atoms with Crippen LogP contribution in [0.25, 0.3) is 6.08 Å². The highest BCUT2D eigenvalue weighted by atomic mass is 16.5. The van der Waals surface area contributed by atoms with Crippen LogP contribution in [0.5, 0.6) is 0 Å². The van der Waals surface area contributed by atoms with Crippen molar-refractivity contribution in [2.45, 2.75) is 20.3 Å². The van der Waals surface area contributed by atoms with Crippen LogP contribution in [0.4, 0.5) is 0 Å². The van der Waals surface area contributed by atoms with Gasteiger partial charge in [-0.15, -0.1) is 0 Å². The molecule has 1 aromatic carbocycles. The van der Waals surface area contributed by atoms with E-state index in [9.17, 15) is 4.79 Å². The lowest BCUT2D eigenvalue weighted by Gasteiger charge is -2.02. The Bertz CT molecular complexity index is 393. The van der Waals surface area contributed by atoms with Gasteiger partial charge in [0.15, 0.2) is 0 Å². The van der Waals surface area contributed by atoms with Crippen molar-refractivity contribution >= 4 is 12.0 Å². The standard InChI is InChI=1S/C14H19NO2/c1-3-17-14(16)11(2)10-13-6-4-12(5-7-13)8-9-15/h4-7,10H,3,8-9,15H2,1-2H3/b11-10+. The average Bonchev–Trinajstić information content (AvgIpc) is 2.32. The summed E-state index contributed by atoms with van der Waals surface area (Å²) in [6.45, 7) is 4.61. The lowest BCUT2D eigenvalue weighted by molar-refractivity contribution is -0.138.